The van der Waals surface area contributed by atoms with Crippen LogP contribution in [0.5, 0.6) is 0 Å². The minimum Gasteiger partial charge on any atom is -0.325 e. The van der Waals surface area contributed by atoms with Crippen molar-refractivity contribution in [3.8, 4) is 0 Å². The van der Waals surface area contributed by atoms with Crippen LogP contribution in [0.1, 0.15) is 35.7 Å². The van der Waals surface area contributed by atoms with E-state index in [0.717, 1.165) is 36.2 Å². The predicted molar refractivity (Wildman–Crippen MR) is 74.7 cm³/mol. The Balaban J connectivity index is 1.94. The maximum atomic E-state index is 12.8. The van der Waals surface area contributed by atoms with E-state index in [4.69, 9.17) is 0 Å². The Morgan fingerprint density at radius 2 is 1.95 bits per heavy atom. The molecular weight excluding hydrogens is 279 g/mol. The Morgan fingerprint density at radius 3 is 2.57 bits per heavy atom. The van der Waals surface area contributed by atoms with E-state index in [-0.39, 0.29) is 0 Å². The number of alkyl halides is 3. The molecule has 0 bridgehead atoms. The molecular formula is C15H16F3N3. The molecule has 0 atom stereocenters. The van der Waals surface area contributed by atoms with Crippen LogP contribution in [0.4, 0.5) is 24.8 Å². The van der Waals surface area contributed by atoms with Gasteiger partial charge in [0.1, 0.15) is 0 Å². The van der Waals surface area contributed by atoms with Crippen molar-refractivity contribution in [3.05, 3.63) is 41.2 Å². The zero-order chi connectivity index (χ0) is 15.2. The standard InChI is InChI=1S/C15H16F3N3/c1-9-3-4-11(15(16,17)18)7-13(9)20-14-19-10(2)8-21(14)12-5-6-12/h3-4,7-8,12H,5-6H2,1-2H3,(H,19,20). The first-order valence-electron chi connectivity index (χ1n) is 6.85. The van der Waals surface area contributed by atoms with Gasteiger partial charge < -0.3 is 9.88 Å². The van der Waals surface area contributed by atoms with Gasteiger partial charge in [-0.05, 0) is 44.4 Å². The molecule has 1 aliphatic rings. The quantitative estimate of drug-likeness (QED) is 0.897. The van der Waals surface area contributed by atoms with Crippen LogP contribution in [0.2, 0.25) is 0 Å². The highest BCUT2D eigenvalue weighted by Gasteiger charge is 2.31. The fourth-order valence-electron chi connectivity index (χ4n) is 2.29. The number of halogens is 3. The molecule has 2 aromatic rings. The molecule has 112 valence electrons. The van der Waals surface area contributed by atoms with Crippen LogP contribution in [0.3, 0.4) is 0 Å². The monoisotopic (exact) mass is 295 g/mol. The number of imidazole rings is 1. The van der Waals surface area contributed by atoms with Crippen molar-refractivity contribution in [3.63, 3.8) is 0 Å². The molecule has 1 saturated carbocycles. The van der Waals surface area contributed by atoms with Crippen LogP contribution in [-0.2, 0) is 6.18 Å². The summed E-state index contributed by atoms with van der Waals surface area (Å²) < 4.78 is 40.4. The molecule has 1 aliphatic carbocycles. The molecule has 0 radical (unpaired) electrons. The van der Waals surface area contributed by atoms with E-state index >= 15 is 0 Å². The summed E-state index contributed by atoms with van der Waals surface area (Å²) in [4.78, 5) is 4.37. The van der Waals surface area contributed by atoms with Crippen molar-refractivity contribution in [2.75, 3.05) is 5.32 Å². The lowest BCUT2D eigenvalue weighted by molar-refractivity contribution is -0.137. The zero-order valence-corrected chi connectivity index (χ0v) is 11.8. The summed E-state index contributed by atoms with van der Waals surface area (Å²) in [7, 11) is 0. The van der Waals surface area contributed by atoms with Crippen molar-refractivity contribution >= 4 is 11.6 Å². The predicted octanol–water partition coefficient (Wildman–Crippen LogP) is 4.60. The Bertz CT molecular complexity index is 669. The van der Waals surface area contributed by atoms with E-state index < -0.39 is 11.7 Å². The average Bonchev–Trinajstić information content (AvgIpc) is 3.15. The van der Waals surface area contributed by atoms with Crippen LogP contribution in [-0.4, -0.2) is 9.55 Å². The minimum absolute atomic E-state index is 0.416. The third-order valence-electron chi connectivity index (χ3n) is 3.60. The Kier molecular flexibility index (Phi) is 3.19. The normalized spacial score (nSPS) is 15.3. The lowest BCUT2D eigenvalue weighted by Gasteiger charge is -2.14. The lowest BCUT2D eigenvalue weighted by Crippen LogP contribution is -2.07. The van der Waals surface area contributed by atoms with Gasteiger partial charge in [-0.2, -0.15) is 13.2 Å². The second-order valence-electron chi connectivity index (χ2n) is 5.50. The van der Waals surface area contributed by atoms with Gasteiger partial charge in [-0.25, -0.2) is 4.98 Å². The van der Waals surface area contributed by atoms with E-state index in [1.54, 1.807) is 6.92 Å². The summed E-state index contributed by atoms with van der Waals surface area (Å²) in [5.41, 5.74) is 1.40. The van der Waals surface area contributed by atoms with Gasteiger partial charge in [-0.3, -0.25) is 0 Å². The van der Waals surface area contributed by atoms with E-state index in [2.05, 4.69) is 10.3 Å². The number of hydrogen-bond acceptors (Lipinski definition) is 2. The Morgan fingerprint density at radius 1 is 1.24 bits per heavy atom. The molecule has 0 saturated heterocycles. The summed E-state index contributed by atoms with van der Waals surface area (Å²) >= 11 is 0. The van der Waals surface area contributed by atoms with Crippen molar-refractivity contribution in [2.45, 2.75) is 38.9 Å². The van der Waals surface area contributed by atoms with Gasteiger partial charge >= 0.3 is 6.18 Å². The number of nitrogens with one attached hydrogen (secondary N) is 1. The summed E-state index contributed by atoms with van der Waals surface area (Å²) in [6, 6.07) is 4.12. The van der Waals surface area contributed by atoms with Gasteiger partial charge in [0.2, 0.25) is 5.95 Å². The molecule has 1 N–H and O–H groups in total. The smallest absolute Gasteiger partial charge is 0.325 e. The van der Waals surface area contributed by atoms with Crippen LogP contribution in [0.25, 0.3) is 0 Å². The zero-order valence-electron chi connectivity index (χ0n) is 11.8. The van der Waals surface area contributed by atoms with Crippen molar-refractivity contribution in [1.29, 1.82) is 0 Å². The van der Waals surface area contributed by atoms with Gasteiger partial charge in [0.15, 0.2) is 0 Å². The summed E-state index contributed by atoms with van der Waals surface area (Å²) in [5.74, 6) is 0.609. The molecule has 0 unspecified atom stereocenters. The number of aromatic nitrogens is 2. The SMILES string of the molecule is Cc1cn(C2CC2)c(Nc2cc(C(F)(F)F)ccc2C)n1. The number of hydrogen-bond donors (Lipinski definition) is 1. The fourth-order valence-corrected chi connectivity index (χ4v) is 2.29. The fraction of sp³-hybridized carbons (Fsp3) is 0.400. The number of nitrogens with zero attached hydrogens (tertiary/aromatic N) is 2. The van der Waals surface area contributed by atoms with Gasteiger partial charge in [0.25, 0.3) is 0 Å². The van der Waals surface area contributed by atoms with E-state index in [1.165, 1.54) is 6.07 Å². The van der Waals surface area contributed by atoms with E-state index in [1.807, 2.05) is 17.7 Å². The molecule has 3 rings (SSSR count). The molecule has 1 aromatic heterocycles. The summed E-state index contributed by atoms with van der Waals surface area (Å²) in [6.45, 7) is 3.66. The average molecular weight is 295 g/mol. The molecule has 0 aliphatic heterocycles. The topological polar surface area (TPSA) is 29.9 Å². The molecule has 21 heavy (non-hydrogen) atoms. The van der Waals surface area contributed by atoms with Crippen molar-refractivity contribution in [1.82, 2.24) is 9.55 Å². The van der Waals surface area contributed by atoms with Gasteiger partial charge in [-0.1, -0.05) is 6.07 Å². The van der Waals surface area contributed by atoms with Crippen LogP contribution in [0, 0.1) is 13.8 Å². The summed E-state index contributed by atoms with van der Waals surface area (Å²) in [6.07, 6.45) is -0.229. The molecule has 1 fully saturated rings. The molecule has 1 heterocycles. The van der Waals surface area contributed by atoms with E-state index in [0.29, 0.717) is 17.7 Å². The highest BCUT2D eigenvalue weighted by Crippen LogP contribution is 2.38. The first-order valence-corrected chi connectivity index (χ1v) is 6.85. The van der Waals surface area contributed by atoms with Crippen LogP contribution in [0.15, 0.2) is 24.4 Å². The first-order chi connectivity index (χ1) is 9.84. The number of aryl methyl sites for hydroxylation is 2. The van der Waals surface area contributed by atoms with E-state index in [9.17, 15) is 13.2 Å². The van der Waals surface area contributed by atoms with Crippen molar-refractivity contribution < 1.29 is 13.2 Å². The maximum Gasteiger partial charge on any atom is 0.416 e. The molecule has 0 amide bonds. The van der Waals surface area contributed by atoms with Crippen LogP contribution < -0.4 is 5.32 Å². The molecule has 3 nitrogen and oxygen atoms in total. The molecule has 1 aromatic carbocycles. The highest BCUT2D eigenvalue weighted by molar-refractivity contribution is 5.60. The molecule has 0 spiro atoms. The molecule has 6 heteroatoms. The minimum atomic E-state index is -4.34. The van der Waals surface area contributed by atoms with Crippen LogP contribution >= 0.6 is 0 Å². The second-order valence-corrected chi connectivity index (χ2v) is 5.50. The number of benzene rings is 1. The number of rotatable bonds is 3. The Labute approximate surface area is 120 Å². The van der Waals surface area contributed by atoms with Gasteiger partial charge in [0.05, 0.1) is 11.3 Å². The second kappa shape index (κ2) is 4.79. The summed E-state index contributed by atoms with van der Waals surface area (Å²) in [5, 5.41) is 3.05. The Hall–Kier alpha value is -1.98. The van der Waals surface area contributed by atoms with Gasteiger partial charge in [0, 0.05) is 17.9 Å². The first kappa shape index (κ1) is 14.0. The number of anilines is 2. The lowest BCUT2D eigenvalue weighted by atomic mass is 10.1. The van der Waals surface area contributed by atoms with Gasteiger partial charge in [-0.15, -0.1) is 0 Å². The van der Waals surface area contributed by atoms with Crippen molar-refractivity contribution in [2.24, 2.45) is 0 Å². The third kappa shape index (κ3) is 2.89. The largest absolute Gasteiger partial charge is 0.416 e. The maximum absolute atomic E-state index is 12.8. The third-order valence-corrected chi connectivity index (χ3v) is 3.60. The highest BCUT2D eigenvalue weighted by atomic mass is 19.4.